The minimum absolute atomic E-state index is 0.0192. The fourth-order valence-corrected chi connectivity index (χ4v) is 5.93. The van der Waals surface area contributed by atoms with Gasteiger partial charge in [0.05, 0.1) is 24.1 Å². The van der Waals surface area contributed by atoms with Crippen LogP contribution in [0.25, 0.3) is 0 Å². The molecule has 11 heteroatoms. The maximum absolute atomic E-state index is 13.9. The molecule has 0 aliphatic rings. The van der Waals surface area contributed by atoms with Crippen LogP contribution in [0.3, 0.4) is 0 Å². The number of hydrogen-bond donors (Lipinski definition) is 1. The van der Waals surface area contributed by atoms with Gasteiger partial charge >= 0.3 is 0 Å². The van der Waals surface area contributed by atoms with Crippen molar-refractivity contribution in [1.29, 1.82) is 0 Å². The van der Waals surface area contributed by atoms with Crippen molar-refractivity contribution in [3.63, 3.8) is 0 Å². The molecule has 0 aromatic heterocycles. The molecule has 0 radical (unpaired) electrons. The van der Waals surface area contributed by atoms with E-state index < -0.39 is 16.1 Å². The number of amides is 2. The van der Waals surface area contributed by atoms with Crippen molar-refractivity contribution in [2.45, 2.75) is 58.2 Å². The number of halogens is 2. The Morgan fingerprint density at radius 2 is 1.65 bits per heavy atom. The average molecular weight is 649 g/mol. The maximum Gasteiger partial charge on any atom is 0.243 e. The van der Waals surface area contributed by atoms with Gasteiger partial charge in [-0.15, -0.1) is 0 Å². The second-order valence-electron chi connectivity index (χ2n) is 10.4. The number of sulfonamides is 1. The second kappa shape index (κ2) is 16.0. The van der Waals surface area contributed by atoms with Gasteiger partial charge in [-0.1, -0.05) is 72.6 Å². The van der Waals surface area contributed by atoms with Gasteiger partial charge in [0.15, 0.2) is 0 Å². The minimum atomic E-state index is -3.68. The van der Waals surface area contributed by atoms with Gasteiger partial charge in [-0.05, 0) is 61.2 Å². The lowest BCUT2D eigenvalue weighted by molar-refractivity contribution is -0.141. The predicted molar refractivity (Wildman–Crippen MR) is 173 cm³/mol. The molecule has 2 atom stereocenters. The van der Waals surface area contributed by atoms with Crippen molar-refractivity contribution >= 4 is 50.7 Å². The lowest BCUT2D eigenvalue weighted by Crippen LogP contribution is -2.52. The van der Waals surface area contributed by atoms with Gasteiger partial charge in [0.1, 0.15) is 11.8 Å². The Kier molecular flexibility index (Phi) is 12.7. The van der Waals surface area contributed by atoms with Gasteiger partial charge in [-0.25, -0.2) is 8.42 Å². The van der Waals surface area contributed by atoms with Gasteiger partial charge in [-0.3, -0.25) is 13.9 Å². The first-order valence-electron chi connectivity index (χ1n) is 14.1. The Hall–Kier alpha value is -3.27. The SMILES string of the molecule is CC[C@@H](C)NC(=O)[C@H](Cc1ccccc1)N(Cc1ccc(Cl)cc1)C(=O)CCCN(c1ccc(OC)c(Cl)c1)S(C)(=O)=O. The molecule has 0 aliphatic carbocycles. The Morgan fingerprint density at radius 3 is 2.23 bits per heavy atom. The third kappa shape index (κ3) is 10.2. The minimum Gasteiger partial charge on any atom is -0.495 e. The molecule has 0 unspecified atom stereocenters. The number of methoxy groups -OCH3 is 1. The maximum atomic E-state index is 13.9. The van der Waals surface area contributed by atoms with Crippen LogP contribution in [0, 0.1) is 0 Å². The van der Waals surface area contributed by atoms with E-state index in [1.165, 1.54) is 17.5 Å². The summed E-state index contributed by atoms with van der Waals surface area (Å²) in [4.78, 5) is 29.2. The van der Waals surface area contributed by atoms with Gasteiger partial charge in [0.25, 0.3) is 0 Å². The largest absolute Gasteiger partial charge is 0.495 e. The Morgan fingerprint density at radius 1 is 0.977 bits per heavy atom. The van der Waals surface area contributed by atoms with Crippen LogP contribution < -0.4 is 14.4 Å². The van der Waals surface area contributed by atoms with Gasteiger partial charge in [-0.2, -0.15) is 0 Å². The standard InChI is InChI=1S/C32H39Cl2N3O5S/c1-5-23(2)35-32(39)29(20-24-10-7-6-8-11-24)36(22-25-13-15-26(33)16-14-25)31(38)12-9-19-37(43(4,40)41)27-17-18-30(42-3)28(34)21-27/h6-8,10-11,13-18,21,23,29H,5,9,12,19-20,22H2,1-4H3,(H,35,39)/t23-,29+/m1/s1. The zero-order chi connectivity index (χ0) is 31.6. The van der Waals surface area contributed by atoms with Crippen LogP contribution in [-0.2, 0) is 32.6 Å². The smallest absolute Gasteiger partial charge is 0.243 e. The summed E-state index contributed by atoms with van der Waals surface area (Å²) in [6.45, 7) is 4.14. The molecule has 0 spiro atoms. The summed E-state index contributed by atoms with van der Waals surface area (Å²) in [5.74, 6) is -0.0884. The zero-order valence-electron chi connectivity index (χ0n) is 24.9. The number of nitrogens with one attached hydrogen (secondary N) is 1. The number of nitrogens with zero attached hydrogens (tertiary/aromatic N) is 2. The summed E-state index contributed by atoms with van der Waals surface area (Å²) >= 11 is 12.4. The number of anilines is 1. The van der Waals surface area contributed by atoms with Crippen LogP contribution in [-0.4, -0.2) is 57.1 Å². The third-order valence-electron chi connectivity index (χ3n) is 7.11. The molecule has 43 heavy (non-hydrogen) atoms. The van der Waals surface area contributed by atoms with Crippen molar-refractivity contribution in [3.8, 4) is 5.75 Å². The molecule has 0 heterocycles. The third-order valence-corrected chi connectivity index (χ3v) is 8.86. The van der Waals surface area contributed by atoms with E-state index >= 15 is 0 Å². The highest BCUT2D eigenvalue weighted by molar-refractivity contribution is 7.92. The number of hydrogen-bond acceptors (Lipinski definition) is 5. The van der Waals surface area contributed by atoms with E-state index in [2.05, 4.69) is 5.32 Å². The highest BCUT2D eigenvalue weighted by atomic mass is 35.5. The Balaban J connectivity index is 1.89. The second-order valence-corrected chi connectivity index (χ2v) is 13.2. The number of benzene rings is 3. The highest BCUT2D eigenvalue weighted by Gasteiger charge is 2.31. The van der Waals surface area contributed by atoms with Crippen molar-refractivity contribution in [3.05, 3.63) is 94.0 Å². The van der Waals surface area contributed by atoms with Gasteiger partial charge < -0.3 is 15.0 Å². The van der Waals surface area contributed by atoms with Crippen LogP contribution in [0.1, 0.15) is 44.2 Å². The van der Waals surface area contributed by atoms with E-state index in [-0.39, 0.29) is 48.8 Å². The highest BCUT2D eigenvalue weighted by Crippen LogP contribution is 2.30. The molecule has 0 saturated heterocycles. The van der Waals surface area contributed by atoms with Crippen molar-refractivity contribution in [2.75, 3.05) is 24.2 Å². The number of carbonyl (C=O) groups excluding carboxylic acids is 2. The lowest BCUT2D eigenvalue weighted by Gasteiger charge is -2.32. The normalized spacial score (nSPS) is 12.7. The Labute approximate surface area is 265 Å². The molecule has 232 valence electrons. The summed E-state index contributed by atoms with van der Waals surface area (Å²) in [6.07, 6.45) is 2.41. The monoisotopic (exact) mass is 647 g/mol. The summed E-state index contributed by atoms with van der Waals surface area (Å²) in [5.41, 5.74) is 2.10. The van der Waals surface area contributed by atoms with E-state index in [1.807, 2.05) is 56.3 Å². The molecule has 0 fully saturated rings. The van der Waals surface area contributed by atoms with E-state index in [4.69, 9.17) is 27.9 Å². The van der Waals surface area contributed by atoms with Crippen LogP contribution in [0.15, 0.2) is 72.8 Å². The van der Waals surface area contributed by atoms with Gasteiger partial charge in [0.2, 0.25) is 21.8 Å². The molecule has 0 aliphatic heterocycles. The molecule has 3 aromatic carbocycles. The lowest BCUT2D eigenvalue weighted by atomic mass is 10.0. The summed E-state index contributed by atoms with van der Waals surface area (Å²) in [7, 11) is -2.20. The molecule has 8 nitrogen and oxygen atoms in total. The number of ether oxygens (including phenoxy) is 1. The first kappa shape index (κ1) is 34.2. The van der Waals surface area contributed by atoms with Crippen molar-refractivity contribution < 1.29 is 22.7 Å². The van der Waals surface area contributed by atoms with Gasteiger partial charge in [0, 0.05) is 37.0 Å². The van der Waals surface area contributed by atoms with Crippen molar-refractivity contribution in [1.82, 2.24) is 10.2 Å². The molecular weight excluding hydrogens is 609 g/mol. The average Bonchev–Trinajstić information content (AvgIpc) is 2.97. The molecular formula is C32H39Cl2N3O5S. The fraction of sp³-hybridized carbons (Fsp3) is 0.375. The first-order valence-corrected chi connectivity index (χ1v) is 16.7. The summed E-state index contributed by atoms with van der Waals surface area (Å²) < 4.78 is 31.8. The van der Waals surface area contributed by atoms with Crippen LogP contribution >= 0.6 is 23.2 Å². The summed E-state index contributed by atoms with van der Waals surface area (Å²) in [6, 6.07) is 20.6. The zero-order valence-corrected chi connectivity index (χ0v) is 27.3. The summed E-state index contributed by atoms with van der Waals surface area (Å²) in [5, 5.41) is 3.89. The quantitative estimate of drug-likeness (QED) is 0.215. The van der Waals surface area contributed by atoms with Crippen LogP contribution in [0.4, 0.5) is 5.69 Å². The van der Waals surface area contributed by atoms with E-state index in [0.29, 0.717) is 22.9 Å². The molecule has 0 bridgehead atoms. The van der Waals surface area contributed by atoms with E-state index in [1.54, 1.807) is 29.2 Å². The number of carbonyl (C=O) groups is 2. The molecule has 3 rings (SSSR count). The van der Waals surface area contributed by atoms with E-state index in [0.717, 1.165) is 23.8 Å². The molecule has 2 amide bonds. The number of rotatable bonds is 15. The van der Waals surface area contributed by atoms with Crippen molar-refractivity contribution in [2.24, 2.45) is 0 Å². The molecule has 1 N–H and O–H groups in total. The first-order chi connectivity index (χ1) is 20.4. The van der Waals surface area contributed by atoms with Crippen LogP contribution in [0.2, 0.25) is 10.0 Å². The van der Waals surface area contributed by atoms with Crippen LogP contribution in [0.5, 0.6) is 5.75 Å². The van der Waals surface area contributed by atoms with E-state index in [9.17, 15) is 18.0 Å². The Bertz CT molecular complexity index is 1470. The molecule has 3 aromatic rings. The predicted octanol–water partition coefficient (Wildman–Crippen LogP) is 6.10. The topological polar surface area (TPSA) is 96.0 Å². The fourth-order valence-electron chi connectivity index (χ4n) is 4.60. The molecule has 0 saturated carbocycles.